The van der Waals surface area contributed by atoms with Gasteiger partial charge in [-0.1, -0.05) is 0 Å². The Bertz CT molecular complexity index is 562. The summed E-state index contributed by atoms with van der Waals surface area (Å²) in [6.45, 7) is 1.96. The number of nitrogen functional groups attached to an aromatic ring is 1. The van der Waals surface area contributed by atoms with Gasteiger partial charge in [-0.25, -0.2) is 0 Å². The molecule has 0 aliphatic carbocycles. The van der Waals surface area contributed by atoms with Gasteiger partial charge in [0.15, 0.2) is 0 Å². The molecule has 2 rings (SSSR count). The molecule has 0 bridgehead atoms. The largest absolute Gasteiger partial charge is 0.497 e. The van der Waals surface area contributed by atoms with Crippen LogP contribution < -0.4 is 10.5 Å². The first-order valence-corrected chi connectivity index (χ1v) is 5.61. The summed E-state index contributed by atoms with van der Waals surface area (Å²) < 4.78 is 5.08. The van der Waals surface area contributed by atoms with Gasteiger partial charge in [0.25, 0.3) is 0 Å². The summed E-state index contributed by atoms with van der Waals surface area (Å²) in [5, 5.41) is 8.37. The van der Waals surface area contributed by atoms with Crippen molar-refractivity contribution >= 4 is 17.1 Å². The summed E-state index contributed by atoms with van der Waals surface area (Å²) in [4.78, 5) is 0. The molecule has 0 unspecified atom stereocenters. The lowest BCUT2D eigenvalue weighted by atomic mass is 10.2. The lowest BCUT2D eigenvalue weighted by Gasteiger charge is -2.01. The third-order valence-electron chi connectivity index (χ3n) is 2.57. The summed E-state index contributed by atoms with van der Waals surface area (Å²) in [5.74, 6) is 0.803. The molecule has 2 N–H and O–H groups in total. The van der Waals surface area contributed by atoms with Crippen molar-refractivity contribution in [2.75, 3.05) is 12.8 Å². The lowest BCUT2D eigenvalue weighted by Crippen LogP contribution is -1.84. The van der Waals surface area contributed by atoms with Crippen molar-refractivity contribution in [2.24, 2.45) is 10.2 Å². The first-order chi connectivity index (χ1) is 8.69. The average molecular weight is 241 g/mol. The Balaban J connectivity index is 2.19. The van der Waals surface area contributed by atoms with Crippen LogP contribution in [0.15, 0.2) is 52.7 Å². The molecule has 0 aliphatic heterocycles. The van der Waals surface area contributed by atoms with Gasteiger partial charge < -0.3 is 10.5 Å². The molecule has 0 saturated carbocycles. The van der Waals surface area contributed by atoms with E-state index in [1.165, 1.54) is 0 Å². The van der Waals surface area contributed by atoms with Gasteiger partial charge >= 0.3 is 0 Å². The second-order valence-corrected chi connectivity index (χ2v) is 3.94. The molecule has 2 aromatic rings. The number of anilines is 1. The van der Waals surface area contributed by atoms with Crippen molar-refractivity contribution in [1.82, 2.24) is 0 Å². The molecule has 92 valence electrons. The third-order valence-corrected chi connectivity index (χ3v) is 2.57. The Morgan fingerprint density at radius 1 is 1.00 bits per heavy atom. The third kappa shape index (κ3) is 2.85. The van der Waals surface area contributed by atoms with Crippen LogP contribution in [0.4, 0.5) is 17.1 Å². The Kier molecular flexibility index (Phi) is 3.57. The predicted octanol–water partition coefficient (Wildman–Crippen LogP) is 4.00. The maximum absolute atomic E-state index is 5.68. The summed E-state index contributed by atoms with van der Waals surface area (Å²) in [6.07, 6.45) is 0. The molecule has 0 atom stereocenters. The topological polar surface area (TPSA) is 60.0 Å². The van der Waals surface area contributed by atoms with E-state index in [9.17, 15) is 0 Å². The van der Waals surface area contributed by atoms with Crippen molar-refractivity contribution < 1.29 is 4.74 Å². The molecule has 0 aromatic heterocycles. The molecule has 2 aromatic carbocycles. The zero-order chi connectivity index (χ0) is 13.0. The van der Waals surface area contributed by atoms with Gasteiger partial charge in [0, 0.05) is 5.69 Å². The summed E-state index contributed by atoms with van der Waals surface area (Å²) >= 11 is 0. The molecule has 0 aliphatic rings. The van der Waals surface area contributed by atoms with Crippen molar-refractivity contribution in [1.29, 1.82) is 0 Å². The lowest BCUT2D eigenvalue weighted by molar-refractivity contribution is 0.415. The number of ether oxygens (including phenoxy) is 1. The average Bonchev–Trinajstić information content (AvgIpc) is 2.38. The highest BCUT2D eigenvalue weighted by Gasteiger charge is 1.97. The van der Waals surface area contributed by atoms with Crippen LogP contribution in [-0.4, -0.2) is 7.11 Å². The molecule has 4 nitrogen and oxygen atoms in total. The molecule has 0 spiro atoms. The highest BCUT2D eigenvalue weighted by atomic mass is 16.5. The second-order valence-electron chi connectivity index (χ2n) is 3.94. The van der Waals surface area contributed by atoms with Crippen molar-refractivity contribution in [2.45, 2.75) is 6.92 Å². The Morgan fingerprint density at radius 3 is 2.33 bits per heavy atom. The molecule has 0 heterocycles. The minimum atomic E-state index is 0.732. The number of benzene rings is 2. The summed E-state index contributed by atoms with van der Waals surface area (Å²) in [5.41, 5.74) is 9.02. The van der Waals surface area contributed by atoms with E-state index < -0.39 is 0 Å². The number of hydrogen-bond acceptors (Lipinski definition) is 4. The van der Waals surface area contributed by atoms with Gasteiger partial charge in [0.1, 0.15) is 5.75 Å². The van der Waals surface area contributed by atoms with Crippen LogP contribution in [0, 0.1) is 6.92 Å². The van der Waals surface area contributed by atoms with Gasteiger partial charge in [-0.3, -0.25) is 0 Å². The maximum Gasteiger partial charge on any atom is 0.119 e. The van der Waals surface area contributed by atoms with Crippen LogP contribution in [0.3, 0.4) is 0 Å². The minimum Gasteiger partial charge on any atom is -0.497 e. The summed E-state index contributed by atoms with van der Waals surface area (Å²) in [7, 11) is 1.63. The highest BCUT2D eigenvalue weighted by Crippen LogP contribution is 2.24. The zero-order valence-electron chi connectivity index (χ0n) is 10.4. The van der Waals surface area contributed by atoms with Gasteiger partial charge in [-0.15, -0.1) is 0 Å². The fourth-order valence-electron chi connectivity index (χ4n) is 1.55. The van der Waals surface area contributed by atoms with E-state index in [1.807, 2.05) is 49.4 Å². The van der Waals surface area contributed by atoms with Crippen LogP contribution in [0.5, 0.6) is 5.75 Å². The van der Waals surface area contributed by atoms with Gasteiger partial charge in [0.2, 0.25) is 0 Å². The SMILES string of the molecule is COc1ccc(/N=N/c2ccc(N)cc2C)cc1. The van der Waals surface area contributed by atoms with Crippen LogP contribution >= 0.6 is 0 Å². The quantitative estimate of drug-likeness (QED) is 0.652. The Hall–Kier alpha value is -2.36. The fourth-order valence-corrected chi connectivity index (χ4v) is 1.55. The molecular formula is C14H15N3O. The number of nitrogens with zero attached hydrogens (tertiary/aromatic N) is 2. The standard InChI is InChI=1S/C14H15N3O/c1-10-9-11(15)3-8-14(10)17-16-12-4-6-13(18-2)7-5-12/h3-9H,15H2,1-2H3/b17-16+. The van der Waals surface area contributed by atoms with Crippen LogP contribution in [0.2, 0.25) is 0 Å². The van der Waals surface area contributed by atoms with Crippen LogP contribution in [-0.2, 0) is 0 Å². The minimum absolute atomic E-state index is 0.732. The number of azo groups is 1. The number of hydrogen-bond donors (Lipinski definition) is 1. The van der Waals surface area contributed by atoms with E-state index in [4.69, 9.17) is 10.5 Å². The van der Waals surface area contributed by atoms with Crippen molar-refractivity contribution in [3.05, 3.63) is 48.0 Å². The number of rotatable bonds is 3. The second kappa shape index (κ2) is 5.31. The van der Waals surface area contributed by atoms with Crippen LogP contribution in [0.1, 0.15) is 5.56 Å². The zero-order valence-corrected chi connectivity index (χ0v) is 10.4. The maximum atomic E-state index is 5.68. The smallest absolute Gasteiger partial charge is 0.119 e. The molecule has 4 heteroatoms. The molecule has 18 heavy (non-hydrogen) atoms. The van der Waals surface area contributed by atoms with Crippen LogP contribution in [0.25, 0.3) is 0 Å². The summed E-state index contributed by atoms with van der Waals surface area (Å²) in [6, 6.07) is 13.0. The Labute approximate surface area is 106 Å². The van der Waals surface area contributed by atoms with E-state index >= 15 is 0 Å². The Morgan fingerprint density at radius 2 is 1.72 bits per heavy atom. The molecule has 0 fully saturated rings. The van der Waals surface area contributed by atoms with E-state index in [1.54, 1.807) is 7.11 Å². The predicted molar refractivity (Wildman–Crippen MR) is 72.8 cm³/mol. The molecular weight excluding hydrogens is 226 g/mol. The van der Waals surface area contributed by atoms with E-state index in [-0.39, 0.29) is 0 Å². The van der Waals surface area contributed by atoms with Gasteiger partial charge in [-0.05, 0) is 55.0 Å². The first-order valence-electron chi connectivity index (χ1n) is 5.61. The fraction of sp³-hybridized carbons (Fsp3) is 0.143. The molecule has 0 saturated heterocycles. The number of aryl methyl sites for hydroxylation is 1. The van der Waals surface area contributed by atoms with Gasteiger partial charge in [0.05, 0.1) is 18.5 Å². The first kappa shape index (κ1) is 12.1. The molecule has 0 radical (unpaired) electrons. The molecule has 0 amide bonds. The normalized spacial score (nSPS) is 10.8. The van der Waals surface area contributed by atoms with E-state index in [2.05, 4.69) is 10.2 Å². The van der Waals surface area contributed by atoms with E-state index in [0.29, 0.717) is 0 Å². The number of methoxy groups -OCH3 is 1. The van der Waals surface area contributed by atoms with Crippen molar-refractivity contribution in [3.63, 3.8) is 0 Å². The number of nitrogens with two attached hydrogens (primary N) is 1. The van der Waals surface area contributed by atoms with E-state index in [0.717, 1.165) is 28.4 Å². The van der Waals surface area contributed by atoms with Gasteiger partial charge in [-0.2, -0.15) is 10.2 Å². The monoisotopic (exact) mass is 241 g/mol. The highest BCUT2D eigenvalue weighted by molar-refractivity contribution is 5.54. The van der Waals surface area contributed by atoms with Crippen molar-refractivity contribution in [3.8, 4) is 5.75 Å².